The minimum atomic E-state index is 0.327. The third-order valence-electron chi connectivity index (χ3n) is 4.28. The van der Waals surface area contributed by atoms with Crippen molar-refractivity contribution >= 4 is 0 Å². The van der Waals surface area contributed by atoms with Crippen molar-refractivity contribution in [2.24, 2.45) is 0 Å². The summed E-state index contributed by atoms with van der Waals surface area (Å²) in [6, 6.07) is 10.7. The normalized spacial score (nSPS) is 18.6. The van der Waals surface area contributed by atoms with Gasteiger partial charge in [-0.25, -0.2) is 0 Å². The van der Waals surface area contributed by atoms with Crippen molar-refractivity contribution in [3.63, 3.8) is 0 Å². The van der Waals surface area contributed by atoms with Gasteiger partial charge in [-0.1, -0.05) is 29.4 Å². The van der Waals surface area contributed by atoms with E-state index in [0.29, 0.717) is 11.9 Å². The molecule has 1 N–H and O–H groups in total. The number of aryl methyl sites for hydroxylation is 1. The Morgan fingerprint density at radius 3 is 2.87 bits per heavy atom. The van der Waals surface area contributed by atoms with Crippen molar-refractivity contribution in [1.82, 2.24) is 30.7 Å². The number of hydrogen-bond acceptors (Lipinski definition) is 6. The first kappa shape index (κ1) is 14.1. The first-order valence-electron chi connectivity index (χ1n) is 7.79. The van der Waals surface area contributed by atoms with Crippen LogP contribution in [0, 0.1) is 6.92 Å². The molecule has 2 aromatic heterocycles. The summed E-state index contributed by atoms with van der Waals surface area (Å²) in [7, 11) is 0. The number of aromatic amines is 1. The summed E-state index contributed by atoms with van der Waals surface area (Å²) < 4.78 is 5.47. The molecule has 1 aliphatic heterocycles. The highest BCUT2D eigenvalue weighted by molar-refractivity contribution is 5.54. The molecule has 1 unspecified atom stereocenters. The molecule has 0 spiro atoms. The fourth-order valence-electron chi connectivity index (χ4n) is 3.16. The van der Waals surface area contributed by atoms with E-state index < -0.39 is 0 Å². The number of nitrogens with one attached hydrogen (secondary N) is 1. The molecule has 0 amide bonds. The lowest BCUT2D eigenvalue weighted by Crippen LogP contribution is -2.22. The van der Waals surface area contributed by atoms with Crippen molar-refractivity contribution in [3.05, 3.63) is 47.3 Å². The molecular formula is C16H18N6O. The van der Waals surface area contributed by atoms with Crippen LogP contribution in [0.4, 0.5) is 0 Å². The van der Waals surface area contributed by atoms with Crippen LogP contribution in [0.2, 0.25) is 0 Å². The maximum atomic E-state index is 5.47. The Hall–Kier alpha value is -2.54. The highest BCUT2D eigenvalue weighted by atomic mass is 16.5. The van der Waals surface area contributed by atoms with Crippen LogP contribution in [0.1, 0.15) is 35.9 Å². The summed E-state index contributed by atoms with van der Waals surface area (Å²) in [5.41, 5.74) is 3.17. The number of hydrogen-bond donors (Lipinski definition) is 1. The Bertz CT molecular complexity index is 764. The first-order valence-corrected chi connectivity index (χ1v) is 7.79. The largest absolute Gasteiger partial charge is 0.359 e. The SMILES string of the molecule is Cc1cc(C2CCCN2Cc2ccc(-c3nn[nH]n3)cc2)on1. The maximum Gasteiger partial charge on any atom is 0.204 e. The van der Waals surface area contributed by atoms with Gasteiger partial charge in [0.25, 0.3) is 0 Å². The van der Waals surface area contributed by atoms with Crippen molar-refractivity contribution in [2.75, 3.05) is 6.54 Å². The van der Waals surface area contributed by atoms with Crippen molar-refractivity contribution in [2.45, 2.75) is 32.4 Å². The Kier molecular flexibility index (Phi) is 3.63. The standard InChI is InChI=1S/C16H18N6O/c1-11-9-15(23-19-11)14-3-2-8-22(14)10-12-4-6-13(7-5-12)16-17-20-21-18-16/h4-7,9,14H,2-3,8,10H2,1H3,(H,17,18,20,21). The molecule has 7 nitrogen and oxygen atoms in total. The average Bonchev–Trinajstić information content (AvgIpc) is 3.29. The van der Waals surface area contributed by atoms with E-state index in [0.717, 1.165) is 36.5 Å². The van der Waals surface area contributed by atoms with Gasteiger partial charge in [0.1, 0.15) is 0 Å². The van der Waals surface area contributed by atoms with E-state index in [1.165, 1.54) is 12.0 Å². The molecule has 1 aliphatic rings. The number of rotatable bonds is 4. The molecule has 3 aromatic rings. The highest BCUT2D eigenvalue weighted by Gasteiger charge is 2.28. The van der Waals surface area contributed by atoms with Gasteiger partial charge in [-0.05, 0) is 37.1 Å². The highest BCUT2D eigenvalue weighted by Crippen LogP contribution is 2.33. The molecular weight excluding hydrogens is 292 g/mol. The lowest BCUT2D eigenvalue weighted by molar-refractivity contribution is 0.206. The summed E-state index contributed by atoms with van der Waals surface area (Å²) >= 11 is 0. The van der Waals surface area contributed by atoms with Gasteiger partial charge in [0.2, 0.25) is 5.82 Å². The number of nitrogens with zero attached hydrogens (tertiary/aromatic N) is 5. The number of likely N-dealkylation sites (tertiary alicyclic amines) is 1. The topological polar surface area (TPSA) is 83.7 Å². The van der Waals surface area contributed by atoms with Crippen LogP contribution < -0.4 is 0 Å². The molecule has 0 aliphatic carbocycles. The summed E-state index contributed by atoms with van der Waals surface area (Å²) in [4.78, 5) is 2.45. The first-order chi connectivity index (χ1) is 11.3. The van der Waals surface area contributed by atoms with E-state index in [2.05, 4.69) is 42.8 Å². The van der Waals surface area contributed by atoms with E-state index in [-0.39, 0.29) is 0 Å². The van der Waals surface area contributed by atoms with E-state index >= 15 is 0 Å². The van der Waals surface area contributed by atoms with E-state index in [1.54, 1.807) is 0 Å². The minimum Gasteiger partial charge on any atom is -0.359 e. The Labute approximate surface area is 133 Å². The second-order valence-corrected chi connectivity index (χ2v) is 5.93. The predicted octanol–water partition coefficient (Wildman–Crippen LogP) is 2.50. The van der Waals surface area contributed by atoms with Crippen LogP contribution in [0.5, 0.6) is 0 Å². The van der Waals surface area contributed by atoms with E-state index in [1.807, 2.05) is 25.1 Å². The monoisotopic (exact) mass is 310 g/mol. The molecule has 1 saturated heterocycles. The molecule has 3 heterocycles. The van der Waals surface area contributed by atoms with Crippen LogP contribution in [0.15, 0.2) is 34.9 Å². The lowest BCUT2D eigenvalue weighted by Gasteiger charge is -2.22. The molecule has 0 bridgehead atoms. The fourth-order valence-corrected chi connectivity index (χ4v) is 3.16. The van der Waals surface area contributed by atoms with Gasteiger partial charge in [0.15, 0.2) is 5.76 Å². The number of tetrazole rings is 1. The van der Waals surface area contributed by atoms with E-state index in [4.69, 9.17) is 4.52 Å². The Morgan fingerprint density at radius 2 is 2.17 bits per heavy atom. The Morgan fingerprint density at radius 1 is 1.30 bits per heavy atom. The summed E-state index contributed by atoms with van der Waals surface area (Å²) in [5, 5.41) is 18.1. The van der Waals surface area contributed by atoms with Gasteiger partial charge in [-0.3, -0.25) is 4.90 Å². The third kappa shape index (κ3) is 2.87. The molecule has 1 aromatic carbocycles. The van der Waals surface area contributed by atoms with E-state index in [9.17, 15) is 0 Å². The zero-order valence-corrected chi connectivity index (χ0v) is 12.9. The van der Waals surface area contributed by atoms with Gasteiger partial charge in [-0.15, -0.1) is 10.2 Å². The average molecular weight is 310 g/mol. The van der Waals surface area contributed by atoms with Gasteiger partial charge in [-0.2, -0.15) is 5.21 Å². The second-order valence-electron chi connectivity index (χ2n) is 5.93. The maximum absolute atomic E-state index is 5.47. The minimum absolute atomic E-state index is 0.327. The smallest absolute Gasteiger partial charge is 0.204 e. The molecule has 7 heteroatoms. The van der Waals surface area contributed by atoms with Gasteiger partial charge < -0.3 is 4.52 Å². The number of aromatic nitrogens is 5. The van der Waals surface area contributed by atoms with Crippen molar-refractivity contribution in [1.29, 1.82) is 0 Å². The molecule has 1 fully saturated rings. The van der Waals surface area contributed by atoms with Crippen LogP contribution >= 0.6 is 0 Å². The van der Waals surface area contributed by atoms with Crippen LogP contribution in [-0.4, -0.2) is 37.2 Å². The summed E-state index contributed by atoms with van der Waals surface area (Å²) in [6.45, 7) is 3.94. The number of H-pyrrole nitrogens is 1. The van der Waals surface area contributed by atoms with Gasteiger partial charge in [0, 0.05) is 18.2 Å². The molecule has 118 valence electrons. The zero-order valence-electron chi connectivity index (χ0n) is 12.9. The lowest BCUT2D eigenvalue weighted by atomic mass is 10.1. The summed E-state index contributed by atoms with van der Waals surface area (Å²) in [5.74, 6) is 1.59. The molecule has 4 rings (SSSR count). The molecule has 23 heavy (non-hydrogen) atoms. The van der Waals surface area contributed by atoms with Crippen LogP contribution in [0.25, 0.3) is 11.4 Å². The van der Waals surface area contributed by atoms with Crippen molar-refractivity contribution < 1.29 is 4.52 Å². The van der Waals surface area contributed by atoms with Crippen LogP contribution in [-0.2, 0) is 6.54 Å². The second kappa shape index (κ2) is 5.92. The van der Waals surface area contributed by atoms with Gasteiger partial charge >= 0.3 is 0 Å². The fraction of sp³-hybridized carbons (Fsp3) is 0.375. The predicted molar refractivity (Wildman–Crippen MR) is 83.2 cm³/mol. The van der Waals surface area contributed by atoms with Gasteiger partial charge in [0.05, 0.1) is 11.7 Å². The molecule has 0 saturated carbocycles. The van der Waals surface area contributed by atoms with Crippen molar-refractivity contribution in [3.8, 4) is 11.4 Å². The quantitative estimate of drug-likeness (QED) is 0.797. The Balaban J connectivity index is 1.49. The zero-order chi connectivity index (χ0) is 15.6. The molecule has 1 atom stereocenters. The number of benzene rings is 1. The summed E-state index contributed by atoms with van der Waals surface area (Å²) in [6.07, 6.45) is 2.31. The molecule has 0 radical (unpaired) electrons. The third-order valence-corrected chi connectivity index (χ3v) is 4.28. The van der Waals surface area contributed by atoms with Crippen LogP contribution in [0.3, 0.4) is 0 Å².